The molecule has 0 aliphatic rings. The van der Waals surface area contributed by atoms with E-state index in [4.69, 9.17) is 9.72 Å². The molecule has 0 bridgehead atoms. The molecule has 31 heavy (non-hydrogen) atoms. The van der Waals surface area contributed by atoms with Gasteiger partial charge in [-0.3, -0.25) is 15.1 Å². The molecule has 0 saturated heterocycles. The van der Waals surface area contributed by atoms with E-state index in [1.807, 2.05) is 35.7 Å². The van der Waals surface area contributed by atoms with Crippen molar-refractivity contribution < 1.29 is 4.74 Å². The van der Waals surface area contributed by atoms with Crippen LogP contribution in [0.3, 0.4) is 0 Å². The van der Waals surface area contributed by atoms with Gasteiger partial charge in [-0.25, -0.2) is 9.97 Å². The number of thiophene rings is 1. The third kappa shape index (κ3) is 2.94. The van der Waals surface area contributed by atoms with Gasteiger partial charge in [0.05, 0.1) is 29.1 Å². The molecular weight excluding hydrogens is 410 g/mol. The van der Waals surface area contributed by atoms with Gasteiger partial charge in [-0.1, -0.05) is 6.07 Å². The summed E-state index contributed by atoms with van der Waals surface area (Å²) in [6.45, 7) is 0. The van der Waals surface area contributed by atoms with Crippen LogP contribution in [0.1, 0.15) is 0 Å². The second kappa shape index (κ2) is 6.99. The van der Waals surface area contributed by atoms with Crippen LogP contribution in [0.2, 0.25) is 0 Å². The Hall–Kier alpha value is -4.11. The van der Waals surface area contributed by atoms with Crippen molar-refractivity contribution in [3.63, 3.8) is 0 Å². The van der Waals surface area contributed by atoms with Gasteiger partial charge < -0.3 is 9.72 Å². The van der Waals surface area contributed by atoms with Gasteiger partial charge in [-0.2, -0.15) is 5.10 Å². The average Bonchev–Trinajstić information content (AvgIpc) is 3.57. The van der Waals surface area contributed by atoms with E-state index in [9.17, 15) is 0 Å². The van der Waals surface area contributed by atoms with Crippen LogP contribution < -0.4 is 4.74 Å². The maximum atomic E-state index is 5.30. The van der Waals surface area contributed by atoms with Crippen molar-refractivity contribution in [1.82, 2.24) is 35.1 Å². The molecule has 6 rings (SSSR count). The molecule has 8 nitrogen and oxygen atoms in total. The highest BCUT2D eigenvalue weighted by molar-refractivity contribution is 7.13. The number of rotatable bonds is 4. The molecular formula is C22H15N7OS. The van der Waals surface area contributed by atoms with Crippen LogP contribution in [0.25, 0.3) is 55.3 Å². The number of hydrogen-bond donors (Lipinski definition) is 2. The van der Waals surface area contributed by atoms with E-state index in [0.717, 1.165) is 43.8 Å². The van der Waals surface area contributed by atoms with Crippen molar-refractivity contribution >= 4 is 33.4 Å². The highest BCUT2D eigenvalue weighted by Crippen LogP contribution is 2.33. The number of pyridine rings is 3. The van der Waals surface area contributed by atoms with Crippen molar-refractivity contribution in [2.75, 3.05) is 7.11 Å². The molecule has 0 atom stereocenters. The number of ether oxygens (including phenoxy) is 1. The first-order valence-corrected chi connectivity index (χ1v) is 10.4. The predicted octanol–water partition coefficient (Wildman–Crippen LogP) is 4.70. The van der Waals surface area contributed by atoms with Crippen LogP contribution >= 0.6 is 11.3 Å². The second-order valence-electron chi connectivity index (χ2n) is 6.93. The average molecular weight is 425 g/mol. The molecule has 0 aliphatic heterocycles. The zero-order chi connectivity index (χ0) is 20.8. The van der Waals surface area contributed by atoms with Gasteiger partial charge in [0.25, 0.3) is 0 Å². The van der Waals surface area contributed by atoms with Crippen LogP contribution in [0.4, 0.5) is 0 Å². The van der Waals surface area contributed by atoms with Crippen molar-refractivity contribution in [1.29, 1.82) is 0 Å². The van der Waals surface area contributed by atoms with E-state index >= 15 is 0 Å². The molecule has 9 heteroatoms. The maximum Gasteiger partial charge on any atom is 0.181 e. The van der Waals surface area contributed by atoms with Crippen LogP contribution in [0.15, 0.2) is 60.5 Å². The van der Waals surface area contributed by atoms with Gasteiger partial charge in [-0.05, 0) is 29.6 Å². The van der Waals surface area contributed by atoms with E-state index < -0.39 is 0 Å². The lowest BCUT2D eigenvalue weighted by molar-refractivity contribution is 0.413. The van der Waals surface area contributed by atoms with E-state index in [-0.39, 0.29) is 0 Å². The molecule has 0 unspecified atom stereocenters. The Morgan fingerprint density at radius 1 is 1.03 bits per heavy atom. The smallest absolute Gasteiger partial charge is 0.181 e. The Kier molecular flexibility index (Phi) is 4.00. The third-order valence-electron chi connectivity index (χ3n) is 5.08. The SMILES string of the molecule is COc1cncc(-c2cnc3n[nH]c(-c4nc5c(-c6cccs6)nccc5[nH]4)c3c2)c1. The number of H-pyrrole nitrogens is 2. The Morgan fingerprint density at radius 3 is 2.84 bits per heavy atom. The monoisotopic (exact) mass is 425 g/mol. The minimum absolute atomic E-state index is 0.617. The first-order chi connectivity index (χ1) is 15.3. The van der Waals surface area contributed by atoms with Gasteiger partial charge in [-0.15, -0.1) is 11.3 Å². The van der Waals surface area contributed by atoms with Crippen molar-refractivity contribution in [2.24, 2.45) is 0 Å². The Balaban J connectivity index is 1.50. The first-order valence-electron chi connectivity index (χ1n) is 9.52. The number of nitrogens with zero attached hydrogens (tertiary/aromatic N) is 5. The van der Waals surface area contributed by atoms with Crippen LogP contribution in [0, 0.1) is 0 Å². The van der Waals surface area contributed by atoms with E-state index in [1.54, 1.807) is 43.2 Å². The summed E-state index contributed by atoms with van der Waals surface area (Å²) in [5, 5.41) is 10.3. The molecule has 0 aliphatic carbocycles. The summed E-state index contributed by atoms with van der Waals surface area (Å²) in [6, 6.07) is 9.94. The number of aromatic amines is 2. The maximum absolute atomic E-state index is 5.30. The first kappa shape index (κ1) is 17.7. The van der Waals surface area contributed by atoms with Crippen molar-refractivity contribution in [3.05, 3.63) is 60.5 Å². The fourth-order valence-corrected chi connectivity index (χ4v) is 4.30. The molecule has 6 heterocycles. The number of aromatic nitrogens is 7. The lowest BCUT2D eigenvalue weighted by Gasteiger charge is -2.04. The van der Waals surface area contributed by atoms with Crippen molar-refractivity contribution in [3.8, 4) is 39.0 Å². The molecule has 0 aromatic carbocycles. The van der Waals surface area contributed by atoms with Gasteiger partial charge in [0.1, 0.15) is 22.7 Å². The lowest BCUT2D eigenvalue weighted by atomic mass is 10.1. The number of hydrogen-bond acceptors (Lipinski definition) is 7. The predicted molar refractivity (Wildman–Crippen MR) is 120 cm³/mol. The zero-order valence-corrected chi connectivity index (χ0v) is 17.1. The summed E-state index contributed by atoms with van der Waals surface area (Å²) < 4.78 is 5.30. The number of methoxy groups -OCH3 is 1. The van der Waals surface area contributed by atoms with E-state index in [2.05, 4.69) is 30.1 Å². The summed E-state index contributed by atoms with van der Waals surface area (Å²) in [4.78, 5) is 22.6. The summed E-state index contributed by atoms with van der Waals surface area (Å²) in [7, 11) is 1.62. The standard InChI is InChI=1S/C22H15N7OS/c1-30-14-7-12(9-23-11-14)13-8-15-18(28-29-21(15)25-10-13)22-26-16-4-5-24-20(19(16)27-22)17-3-2-6-31-17/h2-11H,1H3,(H,26,27)(H,25,28,29). The van der Waals surface area contributed by atoms with Gasteiger partial charge in [0.2, 0.25) is 0 Å². The Bertz CT molecular complexity index is 1530. The molecule has 2 N–H and O–H groups in total. The Morgan fingerprint density at radius 2 is 1.97 bits per heavy atom. The normalized spacial score (nSPS) is 11.4. The summed E-state index contributed by atoms with van der Waals surface area (Å²) in [5.74, 6) is 1.38. The highest BCUT2D eigenvalue weighted by atomic mass is 32.1. The quantitative estimate of drug-likeness (QED) is 0.424. The minimum Gasteiger partial charge on any atom is -0.495 e. The number of imidazole rings is 1. The summed E-state index contributed by atoms with van der Waals surface area (Å²) >= 11 is 1.64. The molecule has 0 saturated carbocycles. The molecule has 0 fully saturated rings. The van der Waals surface area contributed by atoms with Gasteiger partial charge >= 0.3 is 0 Å². The van der Waals surface area contributed by atoms with Crippen molar-refractivity contribution in [2.45, 2.75) is 0 Å². The Labute approximate surface area is 180 Å². The number of fused-ring (bicyclic) bond motifs is 2. The highest BCUT2D eigenvalue weighted by Gasteiger charge is 2.17. The molecule has 0 spiro atoms. The fourth-order valence-electron chi connectivity index (χ4n) is 3.57. The van der Waals surface area contributed by atoms with Crippen LogP contribution in [-0.4, -0.2) is 42.2 Å². The molecule has 6 aromatic rings. The minimum atomic E-state index is 0.617. The lowest BCUT2D eigenvalue weighted by Crippen LogP contribution is -1.88. The zero-order valence-electron chi connectivity index (χ0n) is 16.3. The summed E-state index contributed by atoms with van der Waals surface area (Å²) in [6.07, 6.45) is 7.03. The van der Waals surface area contributed by atoms with Crippen LogP contribution in [-0.2, 0) is 0 Å². The molecule has 0 amide bonds. The van der Waals surface area contributed by atoms with E-state index in [0.29, 0.717) is 17.2 Å². The largest absolute Gasteiger partial charge is 0.495 e. The van der Waals surface area contributed by atoms with Gasteiger partial charge in [0.15, 0.2) is 11.5 Å². The molecule has 150 valence electrons. The summed E-state index contributed by atoms with van der Waals surface area (Å²) in [5.41, 5.74) is 5.81. The number of nitrogens with one attached hydrogen (secondary N) is 2. The fraction of sp³-hybridized carbons (Fsp3) is 0.0455. The van der Waals surface area contributed by atoms with E-state index in [1.165, 1.54) is 0 Å². The molecule has 6 aromatic heterocycles. The topological polar surface area (TPSA) is 105 Å². The second-order valence-corrected chi connectivity index (χ2v) is 7.87. The molecule has 0 radical (unpaired) electrons. The third-order valence-corrected chi connectivity index (χ3v) is 5.96. The van der Waals surface area contributed by atoms with Crippen LogP contribution in [0.5, 0.6) is 5.75 Å². The van der Waals surface area contributed by atoms with Gasteiger partial charge in [0, 0.05) is 29.7 Å².